The fourth-order valence-electron chi connectivity index (χ4n) is 59.9. The van der Waals surface area contributed by atoms with Gasteiger partial charge in [-0.05, 0) is 321 Å². The Hall–Kier alpha value is 0. The molecule has 56 heavy (non-hydrogen) atoms. The van der Waals surface area contributed by atoms with E-state index < -0.39 is 0 Å². The molecule has 0 heterocycles. The molecule has 260 valence electrons. The lowest BCUT2D eigenvalue weighted by Gasteiger charge is -3.58. The molecule has 0 radical (unpaired) electrons. The average Bonchev–Trinajstić information content (AvgIpc) is 3.05. The molecular weight excluding hydrogens is 673 g/mol. The third-order valence-corrected chi connectivity index (χ3v) is 47.8. The Labute approximate surface area is 320 Å². The third-order valence-electron chi connectivity index (χ3n) is 47.8. The van der Waals surface area contributed by atoms with Crippen molar-refractivity contribution in [3.8, 4) is 0 Å². The summed E-state index contributed by atoms with van der Waals surface area (Å²) in [6, 6.07) is 0. The van der Waals surface area contributed by atoms with Gasteiger partial charge in [-0.25, -0.2) is 0 Å². The molecule has 39 saturated carbocycles. The van der Waals surface area contributed by atoms with Gasteiger partial charge in [0, 0.05) is 0 Å². The highest BCUT2D eigenvalue weighted by atomic mass is 15.6. The summed E-state index contributed by atoms with van der Waals surface area (Å²) in [4.78, 5) is 0. The molecule has 0 amide bonds. The van der Waals surface area contributed by atoms with Crippen LogP contribution in [0.3, 0.4) is 0 Å². The van der Waals surface area contributed by atoms with Crippen molar-refractivity contribution in [3.63, 3.8) is 0 Å². The molecule has 39 rings (SSSR count). The quantitative estimate of drug-likeness (QED) is 0.333. The zero-order valence-electron chi connectivity index (χ0n) is 31.0. The molecule has 0 aromatic heterocycles. The Kier molecular flexibility index (Phi) is 1.02. The average molecular weight is 709 g/mol. The Morgan fingerprint density at radius 3 is 0.464 bits per heavy atom. The molecule has 39 aliphatic rings. The van der Waals surface area contributed by atoms with Crippen molar-refractivity contribution < 1.29 is 0 Å². The molecule has 0 N–H and O–H groups in total. The lowest BCUT2D eigenvalue weighted by molar-refractivity contribution is -1.14. The molecule has 0 heteroatoms. The largest absolute Gasteiger partial charge is 0.0458 e. The third kappa shape index (κ3) is 0.442. The number of fused-ring (bicyclic) bond motifs is 24. The van der Waals surface area contributed by atoms with Crippen LogP contribution in [0.5, 0.6) is 0 Å². The van der Waals surface area contributed by atoms with Crippen molar-refractivity contribution in [2.75, 3.05) is 0 Å². The minimum atomic E-state index is 1.10. The Morgan fingerprint density at radius 1 is 0.143 bits per heavy atom. The van der Waals surface area contributed by atoms with Gasteiger partial charge in [0.2, 0.25) is 0 Å². The highest BCUT2D eigenvalue weighted by molar-refractivity contribution is 6.05. The lowest BCUT2D eigenvalue weighted by Crippen LogP contribution is -3.57. The monoisotopic (exact) mass is 708 g/mol. The second-order valence-electron chi connectivity index (χ2n) is 35.9. The summed E-state index contributed by atoms with van der Waals surface area (Å²) < 4.78 is 0. The van der Waals surface area contributed by atoms with Crippen LogP contribution in [0.15, 0.2) is 0 Å². The molecule has 48 unspecified atom stereocenters. The Balaban J connectivity index is 0.702. The van der Waals surface area contributed by atoms with Crippen molar-refractivity contribution in [2.24, 2.45) is 296 Å². The maximum absolute atomic E-state index is 1.82. The van der Waals surface area contributed by atoms with Gasteiger partial charge in [-0.1, -0.05) is 0 Å². The van der Waals surface area contributed by atoms with E-state index in [1.54, 1.807) is 0 Å². The van der Waals surface area contributed by atoms with Gasteiger partial charge in [0.25, 0.3) is 0 Å². The molecule has 0 nitrogen and oxygen atoms in total. The summed E-state index contributed by atoms with van der Waals surface area (Å²) in [5, 5.41) is 0. The topological polar surface area (TPSA) is 0 Å². The predicted molar refractivity (Wildman–Crippen MR) is 175 cm³/mol. The summed E-state index contributed by atoms with van der Waals surface area (Å²) in [7, 11) is 0. The summed E-state index contributed by atoms with van der Waals surface area (Å²) in [5.41, 5.74) is 26.9. The first-order valence-corrected chi connectivity index (χ1v) is 27.8. The van der Waals surface area contributed by atoms with Gasteiger partial charge in [-0.2, -0.15) is 0 Å². The molecule has 0 saturated heterocycles. The second kappa shape index (κ2) is 2.98. The Morgan fingerprint density at radius 2 is 0.286 bits per heavy atom. The van der Waals surface area contributed by atoms with Crippen molar-refractivity contribution in [1.82, 2.24) is 0 Å². The normalized spacial score (nSPS) is 138. The van der Waals surface area contributed by atoms with E-state index in [4.69, 9.17) is 0 Å². The molecule has 0 aliphatic heterocycles. The van der Waals surface area contributed by atoms with Crippen molar-refractivity contribution in [3.05, 3.63) is 0 Å². The van der Waals surface area contributed by atoms with Gasteiger partial charge >= 0.3 is 0 Å². The van der Waals surface area contributed by atoms with E-state index in [1.165, 1.54) is 166 Å². The summed E-state index contributed by atoms with van der Waals surface area (Å²) in [5.74, 6) is 39.2. The predicted octanol–water partition coefficient (Wildman–Crippen LogP) is 5.00. The zero-order chi connectivity index (χ0) is 31.0. The van der Waals surface area contributed by atoms with Crippen LogP contribution in [0.4, 0.5) is 0 Å². The van der Waals surface area contributed by atoms with E-state index in [2.05, 4.69) is 0 Å². The van der Waals surface area contributed by atoms with Crippen LogP contribution in [0.1, 0.15) is 25.7 Å². The van der Waals surface area contributed by atoms with Crippen LogP contribution in [0.25, 0.3) is 0 Å². The summed E-state index contributed by atoms with van der Waals surface area (Å²) in [6.07, 6.45) is 7.28. The minimum Gasteiger partial charge on any atom is -0.0458 e. The van der Waals surface area contributed by atoms with E-state index in [-0.39, 0.29) is 0 Å². The molecule has 0 aromatic carbocycles. The fourth-order valence-corrected chi connectivity index (χ4v) is 59.9. The molecule has 24 spiro atoms. The van der Waals surface area contributed by atoms with Crippen molar-refractivity contribution in [1.29, 1.82) is 0 Å². The first kappa shape index (κ1) is 19.2. The first-order valence-electron chi connectivity index (χ1n) is 27.8. The highest BCUT2D eigenvalue weighted by Gasteiger charge is 3.60. The fraction of sp³-hybridized carbons (Fsp3) is 1.00. The van der Waals surface area contributed by atoms with E-state index in [1.807, 2.05) is 25.7 Å². The van der Waals surface area contributed by atoms with E-state index in [0.29, 0.717) is 0 Å². The minimum absolute atomic E-state index is 1.10. The molecular formula is C56H36. The van der Waals surface area contributed by atoms with Crippen LogP contribution >= 0.6 is 0 Å². The van der Waals surface area contributed by atoms with E-state index in [0.717, 1.165) is 130 Å². The Bertz CT molecular complexity index is 3170. The number of rotatable bonds is 0. The van der Waals surface area contributed by atoms with E-state index in [9.17, 15) is 0 Å². The van der Waals surface area contributed by atoms with E-state index >= 15 is 0 Å². The lowest BCUT2D eigenvalue weighted by atomic mass is 8.44. The molecule has 0 bridgehead atoms. The first-order chi connectivity index (χ1) is 27.8. The molecule has 0 aromatic rings. The highest BCUT2D eigenvalue weighted by Crippen LogP contribution is 3.62. The number of hydrogen-bond donors (Lipinski definition) is 0. The van der Waals surface area contributed by atoms with Crippen LogP contribution < -0.4 is 0 Å². The van der Waals surface area contributed by atoms with Gasteiger partial charge in [0.1, 0.15) is 0 Å². The van der Waals surface area contributed by atoms with Crippen LogP contribution in [-0.4, -0.2) is 0 Å². The maximum Gasteiger partial charge on any atom is -0.00502 e. The van der Waals surface area contributed by atoms with Gasteiger partial charge in [-0.3, -0.25) is 0 Å². The SMILES string of the molecule is C1C2C3CC4C5C6C7C8C9C%10C%11C%12C%13C%14C%15CC%16C%17CC%18C%19C%20C%21C%22C%23C%24C%25C%26C%27C%28C1C21C34C52C%281C%271C62C72C%261C%251C82C92C%241C%231C%223C%214C%205C%196C%17%18C%16%15C%146C%135C%124C%113C%1012. The molecule has 48 atom stereocenters. The van der Waals surface area contributed by atoms with Crippen LogP contribution in [0.2, 0.25) is 0 Å². The van der Waals surface area contributed by atoms with Gasteiger partial charge < -0.3 is 0 Å². The molecule has 39 fully saturated rings. The maximum atomic E-state index is 1.82. The summed E-state index contributed by atoms with van der Waals surface area (Å²) in [6.45, 7) is 0. The van der Waals surface area contributed by atoms with Gasteiger partial charge in [0.05, 0.1) is 0 Å². The van der Waals surface area contributed by atoms with Crippen LogP contribution in [-0.2, 0) is 0 Å². The van der Waals surface area contributed by atoms with Gasteiger partial charge in [-0.15, -0.1) is 0 Å². The smallest absolute Gasteiger partial charge is 0.00502 e. The second-order valence-corrected chi connectivity index (χ2v) is 35.9. The summed E-state index contributed by atoms with van der Waals surface area (Å²) >= 11 is 0. The zero-order valence-corrected chi connectivity index (χ0v) is 31.0. The van der Waals surface area contributed by atoms with Crippen LogP contribution in [0, 0.1) is 296 Å². The number of hydrogen-bond acceptors (Lipinski definition) is 0. The molecule has 39 aliphatic carbocycles. The van der Waals surface area contributed by atoms with Gasteiger partial charge in [0.15, 0.2) is 0 Å². The van der Waals surface area contributed by atoms with Crippen molar-refractivity contribution >= 4 is 0 Å². The van der Waals surface area contributed by atoms with Crippen molar-refractivity contribution in [2.45, 2.75) is 25.7 Å². The standard InChI is InChI=1S/C56H36/c1-5-6-2-10-14-18-22-26-31-32-28-24-20-16-12-4-8-7-3-11-15-19-23-27-30-29-25-21-17-13-9(1)33(5)34(6,10)38(14)37(13,33)41(17)42(18,38)46(22)45(21,41)49(25)50(26,46)55(31)53(29,49)54(30)51(27)47(23)43(19)39(15)35(7,11)36(8,12)40(16,39)44(20,43)48(24,47)52(28,51)56(32,54)55/h5-32H,1-4H2.